The highest BCUT2D eigenvalue weighted by Crippen LogP contribution is 2.38. The van der Waals surface area contributed by atoms with Crippen molar-refractivity contribution in [2.45, 2.75) is 50.9 Å². The van der Waals surface area contributed by atoms with Gasteiger partial charge in [-0.3, -0.25) is 5.32 Å². The Morgan fingerprint density at radius 1 is 1.00 bits per heavy atom. The molecule has 0 bridgehead atoms. The summed E-state index contributed by atoms with van der Waals surface area (Å²) in [5.41, 5.74) is -4.38. The Balaban J connectivity index is 2.62. The van der Waals surface area contributed by atoms with Gasteiger partial charge in [-0.15, -0.1) is 0 Å². The second-order valence-corrected chi connectivity index (χ2v) is 8.73. The molecule has 1 unspecified atom stereocenters. The largest absolute Gasteiger partial charge is 0.467 e. The molecule has 2 rings (SSSR count). The van der Waals surface area contributed by atoms with Gasteiger partial charge in [-0.2, -0.15) is 13.2 Å². The number of alkyl halides is 5. The number of amides is 1. The van der Waals surface area contributed by atoms with Crippen molar-refractivity contribution in [3.05, 3.63) is 59.2 Å². The van der Waals surface area contributed by atoms with Crippen LogP contribution in [0, 0.1) is 5.41 Å². The summed E-state index contributed by atoms with van der Waals surface area (Å²) in [6.45, 7) is 4.92. The summed E-state index contributed by atoms with van der Waals surface area (Å²) in [4.78, 5) is 25.1. The molecule has 0 heterocycles. The van der Waals surface area contributed by atoms with Crippen LogP contribution in [0.1, 0.15) is 43.9 Å². The molecule has 196 valence electrons. The van der Waals surface area contributed by atoms with E-state index in [-0.39, 0.29) is 22.5 Å². The van der Waals surface area contributed by atoms with Gasteiger partial charge in [0, 0.05) is 23.9 Å². The highest BCUT2D eigenvalue weighted by Gasteiger charge is 2.45. The van der Waals surface area contributed by atoms with Crippen molar-refractivity contribution in [2.75, 3.05) is 17.7 Å². The third kappa shape index (κ3) is 6.92. The summed E-state index contributed by atoms with van der Waals surface area (Å²) in [6.07, 6.45) is -8.96. The number of hydrogen-bond acceptors (Lipinski definition) is 6. The molecule has 0 aliphatic carbocycles. The van der Waals surface area contributed by atoms with Crippen LogP contribution < -0.4 is 10.6 Å². The molecule has 0 spiro atoms. The van der Waals surface area contributed by atoms with Crippen LogP contribution in [0.25, 0.3) is 0 Å². The van der Waals surface area contributed by atoms with E-state index in [1.54, 1.807) is 20.8 Å². The number of esters is 1. The number of carbonyl (C=O) groups excluding carboxylic acids is 2. The number of carbonyl (C=O) groups is 2. The SMILES string of the molecule is COC(=O)C(CC(F)F)(Nc1cccc(NC(=O)OC(C)(C)C)c1C=N)c1ccc(C(F)(F)F)cc1. The van der Waals surface area contributed by atoms with Crippen LogP contribution in [0.5, 0.6) is 0 Å². The third-order valence-corrected chi connectivity index (χ3v) is 4.93. The van der Waals surface area contributed by atoms with Gasteiger partial charge < -0.3 is 20.2 Å². The van der Waals surface area contributed by atoms with Crippen molar-refractivity contribution in [1.82, 2.24) is 0 Å². The van der Waals surface area contributed by atoms with Gasteiger partial charge in [-0.05, 0) is 50.6 Å². The van der Waals surface area contributed by atoms with Crippen LogP contribution in [0.15, 0.2) is 42.5 Å². The highest BCUT2D eigenvalue weighted by atomic mass is 19.4. The smallest absolute Gasteiger partial charge is 0.416 e. The Labute approximate surface area is 204 Å². The Bertz CT molecular complexity index is 1100. The summed E-state index contributed by atoms with van der Waals surface area (Å²) in [7, 11) is 0.951. The van der Waals surface area contributed by atoms with Crippen LogP contribution in [0.4, 0.5) is 38.1 Å². The number of methoxy groups -OCH3 is 1. The van der Waals surface area contributed by atoms with Crippen LogP contribution in [0.2, 0.25) is 0 Å². The van der Waals surface area contributed by atoms with Crippen LogP contribution >= 0.6 is 0 Å². The molecule has 0 aliphatic rings. The minimum atomic E-state index is -4.68. The molecular weight excluding hydrogens is 489 g/mol. The fourth-order valence-corrected chi connectivity index (χ4v) is 3.42. The first-order chi connectivity index (χ1) is 16.6. The molecule has 1 atom stereocenters. The average molecular weight is 515 g/mol. The number of benzene rings is 2. The fourth-order valence-electron chi connectivity index (χ4n) is 3.42. The lowest BCUT2D eigenvalue weighted by atomic mass is 9.85. The molecule has 0 saturated carbocycles. The van der Waals surface area contributed by atoms with E-state index in [0.717, 1.165) is 25.5 Å². The number of ether oxygens (including phenoxy) is 2. The second kappa shape index (κ2) is 10.9. The van der Waals surface area contributed by atoms with Crippen molar-refractivity contribution in [3.63, 3.8) is 0 Å². The molecule has 36 heavy (non-hydrogen) atoms. The molecule has 0 radical (unpaired) electrons. The number of anilines is 2. The van der Waals surface area contributed by atoms with E-state index in [1.807, 2.05) is 0 Å². The third-order valence-electron chi connectivity index (χ3n) is 4.93. The Morgan fingerprint density at radius 3 is 2.03 bits per heavy atom. The molecule has 0 aromatic heterocycles. The maximum absolute atomic E-state index is 13.7. The predicted molar refractivity (Wildman–Crippen MR) is 124 cm³/mol. The van der Waals surface area contributed by atoms with Crippen molar-refractivity contribution >= 4 is 29.7 Å². The molecule has 2 aromatic rings. The molecule has 0 aliphatic heterocycles. The first kappa shape index (κ1) is 28.5. The van der Waals surface area contributed by atoms with Crippen LogP contribution in [0.3, 0.4) is 0 Å². The maximum Gasteiger partial charge on any atom is 0.416 e. The van der Waals surface area contributed by atoms with Gasteiger partial charge in [-0.1, -0.05) is 18.2 Å². The van der Waals surface area contributed by atoms with Gasteiger partial charge >= 0.3 is 18.2 Å². The van der Waals surface area contributed by atoms with E-state index in [4.69, 9.17) is 14.9 Å². The fraction of sp³-hybridized carbons (Fsp3) is 0.375. The summed E-state index contributed by atoms with van der Waals surface area (Å²) in [5, 5.41) is 12.9. The molecular formula is C24H26F5N3O4. The van der Waals surface area contributed by atoms with E-state index < -0.39 is 47.8 Å². The quantitative estimate of drug-likeness (QED) is 0.221. The lowest BCUT2D eigenvalue weighted by molar-refractivity contribution is -0.148. The molecule has 12 heteroatoms. The van der Waals surface area contributed by atoms with Gasteiger partial charge in [-0.25, -0.2) is 18.4 Å². The molecule has 2 aromatic carbocycles. The molecule has 1 amide bonds. The normalized spacial score (nSPS) is 13.5. The van der Waals surface area contributed by atoms with Gasteiger partial charge in [0.05, 0.1) is 18.4 Å². The summed E-state index contributed by atoms with van der Waals surface area (Å²) in [6, 6.07) is 7.33. The first-order valence-electron chi connectivity index (χ1n) is 10.6. The lowest BCUT2D eigenvalue weighted by Crippen LogP contribution is -2.46. The van der Waals surface area contributed by atoms with Crippen LogP contribution in [-0.2, 0) is 26.0 Å². The minimum absolute atomic E-state index is 0.00202. The van der Waals surface area contributed by atoms with E-state index in [0.29, 0.717) is 12.1 Å². The van der Waals surface area contributed by atoms with Gasteiger partial charge in [0.15, 0.2) is 5.54 Å². The molecule has 3 N–H and O–H groups in total. The Kier molecular flexibility index (Phi) is 8.66. The van der Waals surface area contributed by atoms with E-state index in [2.05, 4.69) is 10.6 Å². The topological polar surface area (TPSA) is 101 Å². The second-order valence-electron chi connectivity index (χ2n) is 8.73. The summed E-state index contributed by atoms with van der Waals surface area (Å²) < 4.78 is 76.6. The lowest BCUT2D eigenvalue weighted by Gasteiger charge is -2.34. The molecule has 0 saturated heterocycles. The van der Waals surface area contributed by atoms with Crippen molar-refractivity contribution in [1.29, 1.82) is 5.41 Å². The minimum Gasteiger partial charge on any atom is -0.467 e. The number of halogens is 5. The number of rotatable bonds is 8. The zero-order valence-corrected chi connectivity index (χ0v) is 19.9. The van der Waals surface area contributed by atoms with Crippen molar-refractivity contribution < 1.29 is 41.0 Å². The zero-order valence-electron chi connectivity index (χ0n) is 19.9. The highest BCUT2D eigenvalue weighted by molar-refractivity contribution is 6.00. The summed E-state index contributed by atoms with van der Waals surface area (Å²) >= 11 is 0. The van der Waals surface area contributed by atoms with Crippen LogP contribution in [-0.4, -0.2) is 37.4 Å². The van der Waals surface area contributed by atoms with E-state index in [9.17, 15) is 31.5 Å². The monoisotopic (exact) mass is 515 g/mol. The Hall–Kier alpha value is -3.70. The number of nitrogens with one attached hydrogen (secondary N) is 3. The zero-order chi connectivity index (χ0) is 27.3. The van der Waals surface area contributed by atoms with Gasteiger partial charge in [0.25, 0.3) is 0 Å². The predicted octanol–water partition coefficient (Wildman–Crippen LogP) is 6.19. The van der Waals surface area contributed by atoms with E-state index >= 15 is 0 Å². The van der Waals surface area contributed by atoms with Gasteiger partial charge in [0.2, 0.25) is 6.43 Å². The van der Waals surface area contributed by atoms with Crippen molar-refractivity contribution in [2.24, 2.45) is 0 Å². The first-order valence-corrected chi connectivity index (χ1v) is 10.6. The maximum atomic E-state index is 13.7. The molecule has 0 fully saturated rings. The van der Waals surface area contributed by atoms with Gasteiger partial charge in [0.1, 0.15) is 5.60 Å². The average Bonchev–Trinajstić information content (AvgIpc) is 2.76. The van der Waals surface area contributed by atoms with E-state index in [1.165, 1.54) is 18.2 Å². The summed E-state index contributed by atoms with van der Waals surface area (Å²) in [5.74, 6) is -1.19. The Morgan fingerprint density at radius 2 is 1.56 bits per heavy atom. The standard InChI is InChI=1S/C24H26F5N3O4/c1-22(2,3)36-21(34)31-17-6-5-7-18(16(17)13-30)32-23(12-19(25)26,20(33)35-4)14-8-10-15(11-9-14)24(27,28)29/h5-11,13,19,30,32H,12H2,1-4H3,(H,31,34). The van der Waals surface area contributed by atoms with Crippen molar-refractivity contribution in [3.8, 4) is 0 Å². The molecule has 7 nitrogen and oxygen atoms in total. The number of hydrogen-bond donors (Lipinski definition) is 3.